The van der Waals surface area contributed by atoms with Crippen molar-refractivity contribution >= 4 is 34.2 Å². The minimum Gasteiger partial charge on any atom is -0.378 e. The zero-order chi connectivity index (χ0) is 26.8. The van der Waals surface area contributed by atoms with Crippen LogP contribution < -0.4 is 5.32 Å². The van der Waals surface area contributed by atoms with Crippen LogP contribution >= 0.6 is 11.3 Å². The molecule has 3 aromatic carbocycles. The smallest absolute Gasteiger partial charge is 0.255 e. The van der Waals surface area contributed by atoms with Gasteiger partial charge in [0.15, 0.2) is 5.13 Å². The minimum atomic E-state index is -0.802. The second-order valence-corrected chi connectivity index (χ2v) is 10.3. The van der Waals surface area contributed by atoms with Gasteiger partial charge >= 0.3 is 0 Å². The average molecular weight is 539 g/mol. The molecule has 1 fully saturated rings. The van der Waals surface area contributed by atoms with Gasteiger partial charge in [0.1, 0.15) is 6.04 Å². The van der Waals surface area contributed by atoms with Crippen LogP contribution in [0.25, 0.3) is 11.1 Å². The van der Waals surface area contributed by atoms with Crippen molar-refractivity contribution in [1.82, 2.24) is 14.8 Å². The number of anilines is 1. The lowest BCUT2D eigenvalue weighted by Gasteiger charge is -2.27. The number of ether oxygens (including phenoxy) is 1. The van der Waals surface area contributed by atoms with Crippen LogP contribution in [0.3, 0.4) is 0 Å². The van der Waals surface area contributed by atoms with E-state index >= 15 is 0 Å². The molecule has 1 N–H and O–H groups in total. The van der Waals surface area contributed by atoms with E-state index in [9.17, 15) is 14.4 Å². The number of amides is 3. The number of nitrogens with one attached hydrogen (secondary N) is 1. The Bertz CT molecular complexity index is 1500. The first-order chi connectivity index (χ1) is 19.1. The van der Waals surface area contributed by atoms with E-state index in [1.54, 1.807) is 21.4 Å². The zero-order valence-electron chi connectivity index (χ0n) is 21.1. The van der Waals surface area contributed by atoms with Crippen LogP contribution in [-0.2, 0) is 16.1 Å². The van der Waals surface area contributed by atoms with E-state index in [0.29, 0.717) is 49.1 Å². The number of hydrogen-bond acceptors (Lipinski definition) is 6. The molecular formula is C30H26N4O4S. The molecule has 0 aliphatic carbocycles. The number of thiazole rings is 1. The van der Waals surface area contributed by atoms with Crippen LogP contribution in [0.1, 0.15) is 37.9 Å². The van der Waals surface area contributed by atoms with Gasteiger partial charge in [-0.05, 0) is 40.5 Å². The highest BCUT2D eigenvalue weighted by Gasteiger charge is 2.37. The molecule has 2 aliphatic rings. The molecule has 196 valence electrons. The third-order valence-corrected chi connectivity index (χ3v) is 7.73. The van der Waals surface area contributed by atoms with E-state index in [-0.39, 0.29) is 17.7 Å². The summed E-state index contributed by atoms with van der Waals surface area (Å²) in [6, 6.07) is 21.7. The maximum Gasteiger partial charge on any atom is 0.255 e. The molecule has 1 unspecified atom stereocenters. The van der Waals surface area contributed by atoms with Crippen molar-refractivity contribution in [3.63, 3.8) is 0 Å². The molecule has 0 bridgehead atoms. The normalized spacial score (nSPS) is 15.6. The molecule has 9 heteroatoms. The largest absolute Gasteiger partial charge is 0.378 e. The van der Waals surface area contributed by atoms with Gasteiger partial charge in [0.05, 0.1) is 13.2 Å². The van der Waals surface area contributed by atoms with E-state index in [2.05, 4.69) is 10.3 Å². The van der Waals surface area contributed by atoms with Gasteiger partial charge in [0.2, 0.25) is 0 Å². The Morgan fingerprint density at radius 3 is 2.41 bits per heavy atom. The van der Waals surface area contributed by atoms with Crippen molar-refractivity contribution in [3.8, 4) is 11.1 Å². The number of carbonyl (C=O) groups excluding carboxylic acids is 3. The standard InChI is InChI=1S/C30H26N4O4S/c35-27(32-30-31-12-17-39-30)26(21-4-2-1-3-5-21)34-19-24-11-10-23(18-25(24)29(34)37)20-6-8-22(9-7-20)28(36)33-13-15-38-16-14-33/h1-12,17-18,26H,13-16,19H2,(H,31,32,35). The van der Waals surface area contributed by atoms with Gasteiger partial charge in [0.25, 0.3) is 17.7 Å². The highest BCUT2D eigenvalue weighted by atomic mass is 32.1. The van der Waals surface area contributed by atoms with E-state index in [4.69, 9.17) is 4.74 Å². The van der Waals surface area contributed by atoms with Crippen LogP contribution in [-0.4, -0.2) is 58.8 Å². The quantitative estimate of drug-likeness (QED) is 0.387. The van der Waals surface area contributed by atoms with E-state index in [1.807, 2.05) is 72.8 Å². The molecule has 0 radical (unpaired) electrons. The SMILES string of the molecule is O=C(Nc1nccs1)C(c1ccccc1)N1Cc2ccc(-c3ccc(C(=O)N4CCOCC4)cc3)cc2C1=O. The number of rotatable bonds is 6. The summed E-state index contributed by atoms with van der Waals surface area (Å²) >= 11 is 1.33. The predicted molar refractivity (Wildman–Crippen MR) is 148 cm³/mol. The van der Waals surface area contributed by atoms with Gasteiger partial charge in [-0.15, -0.1) is 11.3 Å². The topological polar surface area (TPSA) is 91.8 Å². The Hall–Kier alpha value is -4.34. The molecule has 6 rings (SSSR count). The molecular weight excluding hydrogens is 512 g/mol. The fraction of sp³-hybridized carbons (Fsp3) is 0.200. The van der Waals surface area contributed by atoms with Crippen molar-refractivity contribution in [1.29, 1.82) is 0 Å². The Kier molecular flexibility index (Phi) is 6.91. The number of carbonyl (C=O) groups is 3. The summed E-state index contributed by atoms with van der Waals surface area (Å²) in [5.41, 5.74) is 4.57. The molecule has 8 nitrogen and oxygen atoms in total. The van der Waals surface area contributed by atoms with Crippen LogP contribution in [0.5, 0.6) is 0 Å². The molecule has 0 spiro atoms. The average Bonchev–Trinajstić information content (AvgIpc) is 3.61. The fourth-order valence-electron chi connectivity index (χ4n) is 5.03. The maximum absolute atomic E-state index is 13.7. The lowest BCUT2D eigenvalue weighted by Crippen LogP contribution is -2.40. The van der Waals surface area contributed by atoms with Gasteiger partial charge < -0.3 is 14.5 Å². The summed E-state index contributed by atoms with van der Waals surface area (Å²) in [4.78, 5) is 47.5. The van der Waals surface area contributed by atoms with Crippen molar-refractivity contribution in [2.75, 3.05) is 31.6 Å². The Balaban J connectivity index is 1.24. The molecule has 1 saturated heterocycles. The highest BCUT2D eigenvalue weighted by Crippen LogP contribution is 2.35. The van der Waals surface area contributed by atoms with E-state index in [1.165, 1.54) is 11.3 Å². The number of fused-ring (bicyclic) bond motifs is 1. The fourth-order valence-corrected chi connectivity index (χ4v) is 5.56. The molecule has 3 amide bonds. The molecule has 1 atom stereocenters. The van der Waals surface area contributed by atoms with E-state index in [0.717, 1.165) is 22.3 Å². The van der Waals surface area contributed by atoms with Crippen LogP contribution in [0.4, 0.5) is 5.13 Å². The van der Waals surface area contributed by atoms with Crippen molar-refractivity contribution in [2.24, 2.45) is 0 Å². The monoisotopic (exact) mass is 538 g/mol. The number of aromatic nitrogens is 1. The van der Waals surface area contributed by atoms with Gasteiger partial charge in [-0.25, -0.2) is 4.98 Å². The zero-order valence-corrected chi connectivity index (χ0v) is 21.9. The van der Waals surface area contributed by atoms with Crippen LogP contribution in [0, 0.1) is 0 Å². The number of morpholine rings is 1. The lowest BCUT2D eigenvalue weighted by atomic mass is 9.99. The lowest BCUT2D eigenvalue weighted by molar-refractivity contribution is -0.120. The minimum absolute atomic E-state index is 0.00685. The number of benzene rings is 3. The third kappa shape index (κ3) is 5.06. The van der Waals surface area contributed by atoms with E-state index < -0.39 is 6.04 Å². The highest BCUT2D eigenvalue weighted by molar-refractivity contribution is 7.13. The predicted octanol–water partition coefficient (Wildman–Crippen LogP) is 4.62. The van der Waals surface area contributed by atoms with Crippen LogP contribution in [0.15, 0.2) is 84.4 Å². The summed E-state index contributed by atoms with van der Waals surface area (Å²) in [7, 11) is 0. The first-order valence-corrected chi connectivity index (χ1v) is 13.6. The molecule has 3 heterocycles. The summed E-state index contributed by atoms with van der Waals surface area (Å²) in [5.74, 6) is -0.514. The Labute approximate surface area is 229 Å². The Morgan fingerprint density at radius 2 is 1.69 bits per heavy atom. The van der Waals surface area contributed by atoms with Gasteiger partial charge in [-0.3, -0.25) is 19.7 Å². The molecule has 4 aromatic rings. The first kappa shape index (κ1) is 25.0. The second-order valence-electron chi connectivity index (χ2n) is 9.43. The first-order valence-electron chi connectivity index (χ1n) is 12.7. The maximum atomic E-state index is 13.7. The van der Waals surface area contributed by atoms with Crippen molar-refractivity contribution in [3.05, 3.63) is 107 Å². The van der Waals surface area contributed by atoms with Crippen molar-refractivity contribution < 1.29 is 19.1 Å². The summed E-state index contributed by atoms with van der Waals surface area (Å²) < 4.78 is 5.34. The second kappa shape index (κ2) is 10.8. The Morgan fingerprint density at radius 1 is 0.949 bits per heavy atom. The number of hydrogen-bond donors (Lipinski definition) is 1. The molecule has 0 saturated carbocycles. The van der Waals surface area contributed by atoms with Crippen LogP contribution in [0.2, 0.25) is 0 Å². The summed E-state index contributed by atoms with van der Waals surface area (Å²) in [5, 5.41) is 5.13. The molecule has 2 aliphatic heterocycles. The number of nitrogens with zero attached hydrogens (tertiary/aromatic N) is 3. The van der Waals surface area contributed by atoms with Gasteiger partial charge in [0, 0.05) is 42.3 Å². The van der Waals surface area contributed by atoms with Crippen molar-refractivity contribution in [2.45, 2.75) is 12.6 Å². The molecule has 1 aromatic heterocycles. The summed E-state index contributed by atoms with van der Waals surface area (Å²) in [6.45, 7) is 2.63. The van der Waals surface area contributed by atoms with Gasteiger partial charge in [-0.2, -0.15) is 0 Å². The molecule has 39 heavy (non-hydrogen) atoms. The van der Waals surface area contributed by atoms with Gasteiger partial charge in [-0.1, -0.05) is 54.6 Å². The summed E-state index contributed by atoms with van der Waals surface area (Å²) in [6.07, 6.45) is 1.63. The third-order valence-electron chi connectivity index (χ3n) is 7.04.